The fourth-order valence-corrected chi connectivity index (χ4v) is 4.71. The number of carbonyl (C=O) groups is 3. The third-order valence-electron chi connectivity index (χ3n) is 5.98. The minimum Gasteiger partial charge on any atom is -0.338 e. The minimum atomic E-state index is -0.343. The van der Waals surface area contributed by atoms with E-state index in [0.717, 1.165) is 29.8 Å². The lowest BCUT2D eigenvalue weighted by molar-refractivity contribution is -0.133. The Morgan fingerprint density at radius 3 is 2.52 bits per heavy atom. The van der Waals surface area contributed by atoms with Gasteiger partial charge in [-0.25, -0.2) is 0 Å². The van der Waals surface area contributed by atoms with Gasteiger partial charge >= 0.3 is 0 Å². The number of rotatable bonds is 3. The van der Waals surface area contributed by atoms with Gasteiger partial charge in [0.05, 0.1) is 11.1 Å². The van der Waals surface area contributed by atoms with Crippen LogP contribution in [0.3, 0.4) is 0 Å². The lowest BCUT2D eigenvalue weighted by Crippen LogP contribution is -2.46. The summed E-state index contributed by atoms with van der Waals surface area (Å²) in [5, 5.41) is 0. The van der Waals surface area contributed by atoms with Gasteiger partial charge in [0.25, 0.3) is 11.8 Å². The molecule has 0 N–H and O–H groups in total. The maximum absolute atomic E-state index is 12.9. The molecule has 0 radical (unpaired) electrons. The second-order valence-electron chi connectivity index (χ2n) is 7.59. The first-order valence-corrected chi connectivity index (χ1v) is 9.32. The van der Waals surface area contributed by atoms with E-state index >= 15 is 0 Å². The summed E-state index contributed by atoms with van der Waals surface area (Å²) in [5.74, 6) is -0.171. The molecular weight excluding hydrogens is 316 g/mol. The monoisotopic (exact) mass is 340 g/mol. The Bertz CT molecular complexity index is 736. The molecule has 5 heteroatoms. The Hall–Kier alpha value is -2.17. The number of amides is 3. The topological polar surface area (TPSA) is 57.7 Å². The number of hydrogen-bond donors (Lipinski definition) is 0. The van der Waals surface area contributed by atoms with Crippen LogP contribution in [0.25, 0.3) is 0 Å². The maximum atomic E-state index is 12.9. The average Bonchev–Trinajstić information content (AvgIpc) is 3.31. The summed E-state index contributed by atoms with van der Waals surface area (Å²) in [6.45, 7) is 2.51. The van der Waals surface area contributed by atoms with Crippen molar-refractivity contribution in [2.24, 2.45) is 5.92 Å². The van der Waals surface area contributed by atoms with Crippen LogP contribution in [0.4, 0.5) is 0 Å². The van der Waals surface area contributed by atoms with Gasteiger partial charge in [0.15, 0.2) is 0 Å². The number of fused-ring (bicyclic) bond motifs is 1. The van der Waals surface area contributed by atoms with Crippen LogP contribution in [-0.4, -0.2) is 46.7 Å². The van der Waals surface area contributed by atoms with Crippen LogP contribution in [0.2, 0.25) is 0 Å². The molecule has 25 heavy (non-hydrogen) atoms. The Morgan fingerprint density at radius 1 is 1.04 bits per heavy atom. The van der Waals surface area contributed by atoms with Crippen LogP contribution in [0.1, 0.15) is 64.8 Å². The molecule has 0 spiro atoms. The van der Waals surface area contributed by atoms with E-state index in [4.69, 9.17) is 0 Å². The summed E-state index contributed by atoms with van der Waals surface area (Å²) < 4.78 is 0. The molecule has 5 nitrogen and oxygen atoms in total. The van der Waals surface area contributed by atoms with E-state index in [1.807, 2.05) is 17.9 Å². The third-order valence-corrected chi connectivity index (χ3v) is 5.98. The highest BCUT2D eigenvalue weighted by Crippen LogP contribution is 2.35. The summed E-state index contributed by atoms with van der Waals surface area (Å²) in [6.07, 6.45) is 6.97. The Balaban J connectivity index is 1.49. The molecule has 3 aliphatic rings. The van der Waals surface area contributed by atoms with Gasteiger partial charge in [-0.3, -0.25) is 19.3 Å². The molecule has 2 fully saturated rings. The van der Waals surface area contributed by atoms with Crippen molar-refractivity contribution in [1.82, 2.24) is 9.80 Å². The highest BCUT2D eigenvalue weighted by Gasteiger charge is 2.40. The standard InChI is InChI=1S/C20H24N2O3/c1-13-8-9-15-16(11-13)20(25)22(19(15)24)12-18(23)21-10-4-7-17(21)14-5-2-3-6-14/h8-9,11,14,17H,2-7,10,12H2,1H3. The number of aryl methyl sites for hydroxylation is 1. The number of nitrogens with zero attached hydrogens (tertiary/aromatic N) is 2. The highest BCUT2D eigenvalue weighted by molar-refractivity contribution is 6.22. The van der Waals surface area contributed by atoms with Gasteiger partial charge in [-0.1, -0.05) is 24.5 Å². The van der Waals surface area contributed by atoms with E-state index in [2.05, 4.69) is 0 Å². The molecule has 4 rings (SSSR count). The van der Waals surface area contributed by atoms with E-state index in [0.29, 0.717) is 23.1 Å². The molecular formula is C20H24N2O3. The second kappa shape index (κ2) is 6.28. The van der Waals surface area contributed by atoms with Gasteiger partial charge in [0.1, 0.15) is 6.54 Å². The van der Waals surface area contributed by atoms with Gasteiger partial charge < -0.3 is 4.90 Å². The smallest absolute Gasteiger partial charge is 0.262 e. The van der Waals surface area contributed by atoms with Crippen molar-refractivity contribution in [3.8, 4) is 0 Å². The Labute approximate surface area is 148 Å². The van der Waals surface area contributed by atoms with Crippen molar-refractivity contribution >= 4 is 17.7 Å². The zero-order chi connectivity index (χ0) is 17.6. The SMILES string of the molecule is Cc1ccc2c(c1)C(=O)N(CC(=O)N1CCCC1C1CCCC1)C2=O. The van der Waals surface area contributed by atoms with Crippen molar-refractivity contribution in [3.63, 3.8) is 0 Å². The lowest BCUT2D eigenvalue weighted by atomic mass is 9.96. The molecule has 2 aliphatic heterocycles. The van der Waals surface area contributed by atoms with Crippen molar-refractivity contribution in [2.75, 3.05) is 13.1 Å². The molecule has 1 aromatic rings. The third kappa shape index (κ3) is 2.75. The molecule has 1 aliphatic carbocycles. The van der Waals surface area contributed by atoms with Gasteiger partial charge in [0.2, 0.25) is 5.91 Å². The van der Waals surface area contributed by atoms with Crippen LogP contribution in [0, 0.1) is 12.8 Å². The van der Waals surface area contributed by atoms with E-state index < -0.39 is 0 Å². The molecule has 0 bridgehead atoms. The highest BCUT2D eigenvalue weighted by atomic mass is 16.2. The molecule has 1 saturated heterocycles. The number of carbonyl (C=O) groups excluding carboxylic acids is 3. The first-order chi connectivity index (χ1) is 12.1. The fraction of sp³-hybridized carbons (Fsp3) is 0.550. The molecule has 2 heterocycles. The first kappa shape index (κ1) is 16.3. The zero-order valence-corrected chi connectivity index (χ0v) is 14.7. The Kier molecular flexibility index (Phi) is 4.10. The van der Waals surface area contributed by atoms with Gasteiger partial charge in [-0.15, -0.1) is 0 Å². The van der Waals surface area contributed by atoms with Gasteiger partial charge in [-0.2, -0.15) is 0 Å². The van der Waals surface area contributed by atoms with Gasteiger partial charge in [0, 0.05) is 12.6 Å². The summed E-state index contributed by atoms with van der Waals surface area (Å²) in [5.41, 5.74) is 1.78. The molecule has 3 amide bonds. The van der Waals surface area contributed by atoms with Crippen molar-refractivity contribution in [3.05, 3.63) is 34.9 Å². The molecule has 1 saturated carbocycles. The van der Waals surface area contributed by atoms with Gasteiger partial charge in [-0.05, 0) is 50.7 Å². The summed E-state index contributed by atoms with van der Waals surface area (Å²) >= 11 is 0. The number of likely N-dealkylation sites (tertiary alicyclic amines) is 1. The van der Waals surface area contributed by atoms with E-state index in [1.165, 1.54) is 25.7 Å². The molecule has 1 atom stereocenters. The second-order valence-corrected chi connectivity index (χ2v) is 7.59. The summed E-state index contributed by atoms with van der Waals surface area (Å²) in [6, 6.07) is 5.54. The maximum Gasteiger partial charge on any atom is 0.262 e. The summed E-state index contributed by atoms with van der Waals surface area (Å²) in [4.78, 5) is 41.0. The van der Waals surface area contributed by atoms with Crippen molar-refractivity contribution < 1.29 is 14.4 Å². The predicted molar refractivity (Wildman–Crippen MR) is 93.2 cm³/mol. The first-order valence-electron chi connectivity index (χ1n) is 9.32. The van der Waals surface area contributed by atoms with Crippen LogP contribution in [0.15, 0.2) is 18.2 Å². The predicted octanol–water partition coefficient (Wildman–Crippen LogP) is 2.77. The quantitative estimate of drug-likeness (QED) is 0.795. The largest absolute Gasteiger partial charge is 0.338 e. The molecule has 132 valence electrons. The number of hydrogen-bond acceptors (Lipinski definition) is 3. The Morgan fingerprint density at radius 2 is 1.76 bits per heavy atom. The average molecular weight is 340 g/mol. The normalized spacial score (nSPS) is 23.6. The lowest BCUT2D eigenvalue weighted by Gasteiger charge is -2.30. The minimum absolute atomic E-state index is 0.0828. The fourth-order valence-electron chi connectivity index (χ4n) is 4.71. The summed E-state index contributed by atoms with van der Waals surface area (Å²) in [7, 11) is 0. The number of imide groups is 1. The van der Waals surface area contributed by atoms with E-state index in [9.17, 15) is 14.4 Å². The van der Waals surface area contributed by atoms with Crippen LogP contribution >= 0.6 is 0 Å². The molecule has 1 unspecified atom stereocenters. The molecule has 0 aromatic heterocycles. The van der Waals surface area contributed by atoms with Crippen molar-refractivity contribution in [2.45, 2.75) is 51.5 Å². The van der Waals surface area contributed by atoms with Crippen LogP contribution in [-0.2, 0) is 4.79 Å². The van der Waals surface area contributed by atoms with E-state index in [-0.39, 0.29) is 24.3 Å². The van der Waals surface area contributed by atoms with Crippen LogP contribution < -0.4 is 0 Å². The number of benzene rings is 1. The van der Waals surface area contributed by atoms with E-state index in [1.54, 1.807) is 12.1 Å². The molecule has 1 aromatic carbocycles. The zero-order valence-electron chi connectivity index (χ0n) is 14.7. The van der Waals surface area contributed by atoms with Crippen LogP contribution in [0.5, 0.6) is 0 Å². The van der Waals surface area contributed by atoms with Crippen molar-refractivity contribution in [1.29, 1.82) is 0 Å².